The number of carbonyl (C=O) groups excluding carboxylic acids is 1. The van der Waals surface area contributed by atoms with Gasteiger partial charge in [-0.3, -0.25) is 4.79 Å². The van der Waals surface area contributed by atoms with Crippen molar-refractivity contribution in [3.63, 3.8) is 0 Å². The molecule has 0 atom stereocenters. The SMILES string of the molecule is C/C(=N\NC(=O)c1ccccc1Cl)C1=CC=CC1. The molecule has 0 saturated heterocycles. The lowest BCUT2D eigenvalue weighted by atomic mass is 10.1. The van der Waals surface area contributed by atoms with E-state index in [1.807, 2.05) is 25.2 Å². The van der Waals surface area contributed by atoms with Crippen LogP contribution >= 0.6 is 11.6 Å². The molecule has 0 aromatic heterocycles. The smallest absolute Gasteiger partial charge is 0.267 e. The molecule has 3 nitrogen and oxygen atoms in total. The second kappa shape index (κ2) is 5.65. The fourth-order valence-electron chi connectivity index (χ4n) is 1.63. The molecule has 1 amide bonds. The van der Waals surface area contributed by atoms with Crippen LogP contribution in [-0.2, 0) is 0 Å². The predicted octanol–water partition coefficient (Wildman–Crippen LogP) is 3.33. The number of rotatable bonds is 3. The second-order valence-corrected chi connectivity index (χ2v) is 4.35. The third-order valence-corrected chi connectivity index (χ3v) is 3.01. The minimum atomic E-state index is -0.300. The molecule has 0 bridgehead atoms. The zero-order chi connectivity index (χ0) is 13.0. The van der Waals surface area contributed by atoms with Gasteiger partial charge in [0.2, 0.25) is 0 Å². The predicted molar refractivity (Wildman–Crippen MR) is 73.9 cm³/mol. The summed E-state index contributed by atoms with van der Waals surface area (Å²) in [4.78, 5) is 11.8. The van der Waals surface area contributed by atoms with E-state index in [-0.39, 0.29) is 5.91 Å². The molecule has 4 heteroatoms. The van der Waals surface area contributed by atoms with Gasteiger partial charge in [0, 0.05) is 0 Å². The van der Waals surface area contributed by atoms with Crippen LogP contribution in [0.2, 0.25) is 5.02 Å². The Labute approximate surface area is 111 Å². The number of halogens is 1. The van der Waals surface area contributed by atoms with Gasteiger partial charge in [-0.25, -0.2) is 5.43 Å². The third-order valence-electron chi connectivity index (χ3n) is 2.68. The summed E-state index contributed by atoms with van der Waals surface area (Å²) in [5, 5.41) is 4.49. The summed E-state index contributed by atoms with van der Waals surface area (Å²) in [5.74, 6) is -0.300. The van der Waals surface area contributed by atoms with E-state index in [4.69, 9.17) is 11.6 Å². The van der Waals surface area contributed by atoms with Crippen LogP contribution in [0, 0.1) is 0 Å². The van der Waals surface area contributed by atoms with Crippen molar-refractivity contribution in [3.05, 3.63) is 58.7 Å². The van der Waals surface area contributed by atoms with Crippen LogP contribution in [0.4, 0.5) is 0 Å². The normalized spacial score (nSPS) is 14.6. The van der Waals surface area contributed by atoms with Gasteiger partial charge in [0.1, 0.15) is 0 Å². The van der Waals surface area contributed by atoms with E-state index >= 15 is 0 Å². The minimum Gasteiger partial charge on any atom is -0.267 e. The molecular formula is C14H13ClN2O. The van der Waals surface area contributed by atoms with Crippen molar-refractivity contribution in [2.75, 3.05) is 0 Å². The first-order valence-electron chi connectivity index (χ1n) is 5.63. The molecule has 0 saturated carbocycles. The van der Waals surface area contributed by atoms with Crippen LogP contribution in [0.25, 0.3) is 0 Å². The molecule has 1 aliphatic carbocycles. The minimum absolute atomic E-state index is 0.300. The molecule has 92 valence electrons. The fourth-order valence-corrected chi connectivity index (χ4v) is 1.85. The Kier molecular flexibility index (Phi) is 3.95. The van der Waals surface area contributed by atoms with Crippen LogP contribution in [0.1, 0.15) is 23.7 Å². The molecule has 1 N–H and O–H groups in total. The van der Waals surface area contributed by atoms with Gasteiger partial charge in [-0.15, -0.1) is 0 Å². The van der Waals surface area contributed by atoms with Crippen LogP contribution in [0.5, 0.6) is 0 Å². The van der Waals surface area contributed by atoms with Gasteiger partial charge in [-0.2, -0.15) is 5.10 Å². The van der Waals surface area contributed by atoms with Crippen LogP contribution < -0.4 is 5.43 Å². The highest BCUT2D eigenvalue weighted by Gasteiger charge is 2.09. The first kappa shape index (κ1) is 12.6. The summed E-state index contributed by atoms with van der Waals surface area (Å²) in [6.45, 7) is 1.87. The fraction of sp³-hybridized carbons (Fsp3) is 0.143. The first-order valence-corrected chi connectivity index (χ1v) is 6.01. The average Bonchev–Trinajstić information content (AvgIpc) is 2.90. The lowest BCUT2D eigenvalue weighted by molar-refractivity contribution is 0.0955. The molecule has 0 spiro atoms. The molecule has 18 heavy (non-hydrogen) atoms. The zero-order valence-electron chi connectivity index (χ0n) is 9.98. The van der Waals surface area contributed by atoms with Crippen LogP contribution in [0.3, 0.4) is 0 Å². The van der Waals surface area contributed by atoms with Gasteiger partial charge in [0.15, 0.2) is 0 Å². The van der Waals surface area contributed by atoms with E-state index in [0.29, 0.717) is 10.6 Å². The molecule has 1 aromatic carbocycles. The van der Waals surface area contributed by atoms with Gasteiger partial charge in [0.05, 0.1) is 16.3 Å². The lowest BCUT2D eigenvalue weighted by Gasteiger charge is -2.04. The topological polar surface area (TPSA) is 41.5 Å². The van der Waals surface area contributed by atoms with Crippen molar-refractivity contribution in [1.82, 2.24) is 5.43 Å². The van der Waals surface area contributed by atoms with E-state index in [2.05, 4.69) is 10.5 Å². The third kappa shape index (κ3) is 2.87. The maximum atomic E-state index is 11.8. The van der Waals surface area contributed by atoms with Gasteiger partial charge < -0.3 is 0 Å². The number of hydrogen-bond donors (Lipinski definition) is 1. The largest absolute Gasteiger partial charge is 0.272 e. The molecule has 0 unspecified atom stereocenters. The number of allylic oxidation sites excluding steroid dienone is 4. The van der Waals surface area contributed by atoms with Crippen molar-refractivity contribution < 1.29 is 4.79 Å². The van der Waals surface area contributed by atoms with Gasteiger partial charge in [-0.1, -0.05) is 42.0 Å². The summed E-state index contributed by atoms with van der Waals surface area (Å²) >= 11 is 5.93. The molecule has 1 aliphatic rings. The number of nitrogens with one attached hydrogen (secondary N) is 1. The summed E-state index contributed by atoms with van der Waals surface area (Å²) < 4.78 is 0. The molecule has 1 aromatic rings. The second-order valence-electron chi connectivity index (χ2n) is 3.94. The van der Waals surface area contributed by atoms with E-state index in [1.54, 1.807) is 24.3 Å². The Balaban J connectivity index is 2.04. The lowest BCUT2D eigenvalue weighted by Crippen LogP contribution is -2.19. The van der Waals surface area contributed by atoms with E-state index < -0.39 is 0 Å². The highest BCUT2D eigenvalue weighted by Crippen LogP contribution is 2.15. The molecule has 0 fully saturated rings. The van der Waals surface area contributed by atoms with E-state index in [0.717, 1.165) is 17.7 Å². The summed E-state index contributed by atoms with van der Waals surface area (Å²) in [5.41, 5.74) is 4.85. The highest BCUT2D eigenvalue weighted by atomic mass is 35.5. The number of benzene rings is 1. The van der Waals surface area contributed by atoms with Crippen LogP contribution in [0.15, 0.2) is 53.2 Å². The molecule has 2 rings (SSSR count). The first-order chi connectivity index (χ1) is 8.68. The Morgan fingerprint density at radius 2 is 2.17 bits per heavy atom. The van der Waals surface area contributed by atoms with Crippen molar-refractivity contribution in [2.24, 2.45) is 5.10 Å². The summed E-state index contributed by atoms with van der Waals surface area (Å²) in [6.07, 6.45) is 6.87. The quantitative estimate of drug-likeness (QED) is 0.657. The maximum absolute atomic E-state index is 11.8. The summed E-state index contributed by atoms with van der Waals surface area (Å²) in [6, 6.07) is 6.89. The van der Waals surface area contributed by atoms with Crippen molar-refractivity contribution >= 4 is 23.2 Å². The maximum Gasteiger partial charge on any atom is 0.272 e. The molecular weight excluding hydrogens is 248 g/mol. The molecule has 0 aliphatic heterocycles. The van der Waals surface area contributed by atoms with Crippen molar-refractivity contribution in [3.8, 4) is 0 Å². The standard InChI is InChI=1S/C14H13ClN2O/c1-10(11-6-2-3-7-11)16-17-14(18)12-8-4-5-9-13(12)15/h2-6,8-9H,7H2,1H3,(H,17,18)/b16-10+. The van der Waals surface area contributed by atoms with E-state index in [1.165, 1.54) is 0 Å². The Hall–Kier alpha value is -1.87. The molecule has 0 heterocycles. The number of hydrazone groups is 1. The van der Waals surface area contributed by atoms with Gasteiger partial charge >= 0.3 is 0 Å². The number of hydrogen-bond acceptors (Lipinski definition) is 2. The Bertz CT molecular complexity index is 559. The average molecular weight is 261 g/mol. The Morgan fingerprint density at radius 1 is 1.39 bits per heavy atom. The van der Waals surface area contributed by atoms with Gasteiger partial charge in [0.25, 0.3) is 5.91 Å². The van der Waals surface area contributed by atoms with Crippen LogP contribution in [-0.4, -0.2) is 11.6 Å². The van der Waals surface area contributed by atoms with Gasteiger partial charge in [-0.05, 0) is 31.1 Å². The number of amides is 1. The number of nitrogens with zero attached hydrogens (tertiary/aromatic N) is 1. The highest BCUT2D eigenvalue weighted by molar-refractivity contribution is 6.33. The van der Waals surface area contributed by atoms with E-state index in [9.17, 15) is 4.79 Å². The summed E-state index contributed by atoms with van der Waals surface area (Å²) in [7, 11) is 0. The molecule has 0 radical (unpaired) electrons. The van der Waals surface area contributed by atoms with Crippen molar-refractivity contribution in [2.45, 2.75) is 13.3 Å². The Morgan fingerprint density at radius 3 is 2.83 bits per heavy atom. The number of carbonyl (C=O) groups is 1. The zero-order valence-corrected chi connectivity index (χ0v) is 10.7. The monoisotopic (exact) mass is 260 g/mol. The van der Waals surface area contributed by atoms with Crippen molar-refractivity contribution in [1.29, 1.82) is 0 Å².